The van der Waals surface area contributed by atoms with Gasteiger partial charge >= 0.3 is 5.97 Å². The average molecular weight is 278 g/mol. The first-order valence-electron chi connectivity index (χ1n) is 6.78. The van der Waals surface area contributed by atoms with E-state index < -0.39 is 12.0 Å². The lowest BCUT2D eigenvalue weighted by Crippen LogP contribution is -2.37. The monoisotopic (exact) mass is 278 g/mol. The Kier molecular flexibility index (Phi) is 6.18. The number of benzene rings is 1. The zero-order valence-electron chi connectivity index (χ0n) is 12.2. The third-order valence-electron chi connectivity index (χ3n) is 2.74. The number of amides is 1. The van der Waals surface area contributed by atoms with Crippen LogP contribution in [0.1, 0.15) is 37.6 Å². The number of carbonyl (C=O) groups excluding carboxylic acids is 2. The van der Waals surface area contributed by atoms with Crippen LogP contribution in [0.4, 0.5) is 5.69 Å². The summed E-state index contributed by atoms with van der Waals surface area (Å²) >= 11 is 0. The van der Waals surface area contributed by atoms with Crippen LogP contribution in [0.15, 0.2) is 24.3 Å². The highest BCUT2D eigenvalue weighted by Gasteiger charge is 2.18. The number of hydrogen-bond donors (Lipinski definition) is 2. The van der Waals surface area contributed by atoms with Gasteiger partial charge in [-0.3, -0.25) is 4.79 Å². The molecule has 0 aromatic heterocycles. The van der Waals surface area contributed by atoms with E-state index in [-0.39, 0.29) is 12.5 Å². The van der Waals surface area contributed by atoms with E-state index >= 15 is 0 Å². The average Bonchev–Trinajstić information content (AvgIpc) is 2.38. The molecular weight excluding hydrogens is 256 g/mol. The summed E-state index contributed by atoms with van der Waals surface area (Å²) in [6.07, 6.45) is 0.591. The summed E-state index contributed by atoms with van der Waals surface area (Å²) in [4.78, 5) is 23.8. The van der Waals surface area contributed by atoms with Crippen LogP contribution < -0.4 is 11.1 Å². The van der Waals surface area contributed by atoms with Crippen LogP contribution in [0.2, 0.25) is 0 Å². The Morgan fingerprint density at radius 3 is 2.55 bits per heavy atom. The Labute approximate surface area is 119 Å². The molecule has 20 heavy (non-hydrogen) atoms. The molecule has 5 heteroatoms. The summed E-state index contributed by atoms with van der Waals surface area (Å²) in [6, 6.07) is 6.14. The van der Waals surface area contributed by atoms with Crippen molar-refractivity contribution in [2.45, 2.75) is 33.2 Å². The molecule has 1 atom stereocenters. The number of anilines is 1. The third kappa shape index (κ3) is 4.66. The predicted octanol–water partition coefficient (Wildman–Crippen LogP) is 2.18. The van der Waals surface area contributed by atoms with Crippen molar-refractivity contribution in [3.63, 3.8) is 0 Å². The fourth-order valence-electron chi connectivity index (χ4n) is 1.82. The quantitative estimate of drug-likeness (QED) is 0.781. The first-order valence-corrected chi connectivity index (χ1v) is 6.78. The van der Waals surface area contributed by atoms with E-state index in [4.69, 9.17) is 10.5 Å². The van der Waals surface area contributed by atoms with E-state index in [0.29, 0.717) is 23.6 Å². The third-order valence-corrected chi connectivity index (χ3v) is 2.74. The lowest BCUT2D eigenvalue weighted by molar-refractivity contribution is -0.117. The fraction of sp³-hybridized carbons (Fsp3) is 0.467. The molecule has 0 aliphatic carbocycles. The molecule has 1 aromatic rings. The maximum atomic E-state index is 12.0. The number of nitrogens with two attached hydrogens (primary N) is 1. The largest absolute Gasteiger partial charge is 0.462 e. The van der Waals surface area contributed by atoms with Crippen molar-refractivity contribution in [1.82, 2.24) is 0 Å². The SMILES string of the molecule is CCOC(=O)c1ccccc1NC(=O)[C@@H](N)CC(C)C. The molecule has 0 aliphatic rings. The minimum atomic E-state index is -0.592. The van der Waals surface area contributed by atoms with E-state index in [1.807, 2.05) is 13.8 Å². The highest BCUT2D eigenvalue weighted by atomic mass is 16.5. The van der Waals surface area contributed by atoms with Crippen LogP contribution in [0.25, 0.3) is 0 Å². The number of para-hydroxylation sites is 1. The molecule has 0 unspecified atom stereocenters. The van der Waals surface area contributed by atoms with Gasteiger partial charge in [0.25, 0.3) is 0 Å². The molecule has 0 aliphatic heterocycles. The molecule has 110 valence electrons. The molecule has 1 aromatic carbocycles. The maximum absolute atomic E-state index is 12.0. The van der Waals surface area contributed by atoms with Crippen LogP contribution >= 0.6 is 0 Å². The highest BCUT2D eigenvalue weighted by molar-refractivity contribution is 6.02. The Morgan fingerprint density at radius 1 is 1.30 bits per heavy atom. The van der Waals surface area contributed by atoms with E-state index in [2.05, 4.69) is 5.32 Å². The molecule has 3 N–H and O–H groups in total. The molecule has 1 rings (SSSR count). The molecule has 0 fully saturated rings. The van der Waals surface area contributed by atoms with E-state index in [1.165, 1.54) is 0 Å². The minimum absolute atomic E-state index is 0.286. The van der Waals surface area contributed by atoms with Gasteiger partial charge in [-0.15, -0.1) is 0 Å². The number of esters is 1. The summed E-state index contributed by atoms with van der Waals surface area (Å²) in [5.41, 5.74) is 6.58. The van der Waals surface area contributed by atoms with E-state index in [1.54, 1.807) is 31.2 Å². The number of rotatable bonds is 6. The highest BCUT2D eigenvalue weighted by Crippen LogP contribution is 2.17. The predicted molar refractivity (Wildman–Crippen MR) is 78.5 cm³/mol. The van der Waals surface area contributed by atoms with Gasteiger partial charge in [-0.1, -0.05) is 26.0 Å². The Balaban J connectivity index is 2.82. The Hall–Kier alpha value is -1.88. The molecule has 0 radical (unpaired) electrons. The molecule has 0 spiro atoms. The van der Waals surface area contributed by atoms with Crippen molar-refractivity contribution in [1.29, 1.82) is 0 Å². The van der Waals surface area contributed by atoms with Crippen molar-refractivity contribution in [2.75, 3.05) is 11.9 Å². The minimum Gasteiger partial charge on any atom is -0.462 e. The first-order chi connectivity index (χ1) is 9.45. The van der Waals surface area contributed by atoms with Gasteiger partial charge in [0.05, 0.1) is 23.9 Å². The summed E-state index contributed by atoms with van der Waals surface area (Å²) in [5, 5.41) is 2.69. The molecule has 5 nitrogen and oxygen atoms in total. The van der Waals surface area contributed by atoms with Crippen molar-refractivity contribution in [3.8, 4) is 0 Å². The maximum Gasteiger partial charge on any atom is 0.340 e. The van der Waals surface area contributed by atoms with Crippen LogP contribution in [0.5, 0.6) is 0 Å². The van der Waals surface area contributed by atoms with Crippen LogP contribution in [0.3, 0.4) is 0 Å². The van der Waals surface area contributed by atoms with Gasteiger partial charge in [0.1, 0.15) is 0 Å². The number of ether oxygens (including phenoxy) is 1. The van der Waals surface area contributed by atoms with Gasteiger partial charge < -0.3 is 15.8 Å². The lowest BCUT2D eigenvalue weighted by atomic mass is 10.0. The Bertz CT molecular complexity index is 472. The zero-order valence-corrected chi connectivity index (χ0v) is 12.2. The van der Waals surface area contributed by atoms with Gasteiger partial charge in [0, 0.05) is 0 Å². The number of nitrogens with one attached hydrogen (secondary N) is 1. The van der Waals surface area contributed by atoms with E-state index in [0.717, 1.165) is 0 Å². The second-order valence-corrected chi connectivity index (χ2v) is 4.99. The smallest absolute Gasteiger partial charge is 0.340 e. The van der Waals surface area contributed by atoms with Crippen molar-refractivity contribution >= 4 is 17.6 Å². The second-order valence-electron chi connectivity index (χ2n) is 4.99. The van der Waals surface area contributed by atoms with E-state index in [9.17, 15) is 9.59 Å². The number of carbonyl (C=O) groups is 2. The lowest BCUT2D eigenvalue weighted by Gasteiger charge is -2.15. The van der Waals surface area contributed by atoms with Crippen LogP contribution in [-0.4, -0.2) is 24.5 Å². The molecule has 0 bridgehead atoms. The van der Waals surface area contributed by atoms with Crippen molar-refractivity contribution < 1.29 is 14.3 Å². The topological polar surface area (TPSA) is 81.4 Å². The summed E-state index contributed by atoms with van der Waals surface area (Å²) in [6.45, 7) is 6.02. The molecular formula is C15H22N2O3. The Morgan fingerprint density at radius 2 is 1.95 bits per heavy atom. The van der Waals surface area contributed by atoms with Crippen LogP contribution in [-0.2, 0) is 9.53 Å². The molecule has 1 amide bonds. The van der Waals surface area contributed by atoms with Crippen LogP contribution in [0, 0.1) is 5.92 Å². The standard InChI is InChI=1S/C15H22N2O3/c1-4-20-15(19)11-7-5-6-8-13(11)17-14(18)12(16)9-10(2)3/h5-8,10,12H,4,9,16H2,1-3H3,(H,17,18)/t12-/m0/s1. The van der Waals surface area contributed by atoms with Gasteiger partial charge in [0.15, 0.2) is 0 Å². The van der Waals surface area contributed by atoms with Gasteiger partial charge in [-0.05, 0) is 31.4 Å². The second kappa shape index (κ2) is 7.65. The fourth-order valence-corrected chi connectivity index (χ4v) is 1.82. The van der Waals surface area contributed by atoms with Gasteiger partial charge in [0.2, 0.25) is 5.91 Å². The summed E-state index contributed by atoms with van der Waals surface area (Å²) < 4.78 is 4.95. The van der Waals surface area contributed by atoms with Crippen molar-refractivity contribution in [3.05, 3.63) is 29.8 Å². The zero-order chi connectivity index (χ0) is 15.1. The first kappa shape index (κ1) is 16.2. The molecule has 0 saturated heterocycles. The summed E-state index contributed by atoms with van der Waals surface area (Å²) in [5.74, 6) is -0.424. The van der Waals surface area contributed by atoms with Gasteiger partial charge in [-0.25, -0.2) is 4.79 Å². The molecule has 0 heterocycles. The molecule has 0 saturated carbocycles. The van der Waals surface area contributed by atoms with Crippen molar-refractivity contribution in [2.24, 2.45) is 11.7 Å². The normalized spacial score (nSPS) is 12.1. The number of hydrogen-bond acceptors (Lipinski definition) is 4. The summed E-state index contributed by atoms with van der Waals surface area (Å²) in [7, 11) is 0. The van der Waals surface area contributed by atoms with Gasteiger partial charge in [-0.2, -0.15) is 0 Å².